The summed E-state index contributed by atoms with van der Waals surface area (Å²) in [6.45, 7) is 3.09. The number of amides is 1. The fourth-order valence-electron chi connectivity index (χ4n) is 3.76. The van der Waals surface area contributed by atoms with Crippen LogP contribution in [-0.4, -0.2) is 37.5 Å². The lowest BCUT2D eigenvalue weighted by atomic mass is 10.1. The normalized spacial score (nSPS) is 15.5. The number of ether oxygens (including phenoxy) is 2. The second kappa shape index (κ2) is 14.8. The van der Waals surface area contributed by atoms with Gasteiger partial charge in [0, 0.05) is 24.8 Å². The topological polar surface area (TPSA) is 109 Å². The third-order valence-electron chi connectivity index (χ3n) is 5.54. The zero-order chi connectivity index (χ0) is 23.8. The van der Waals surface area contributed by atoms with Gasteiger partial charge in [0.05, 0.1) is 12.2 Å². The van der Waals surface area contributed by atoms with Crippen molar-refractivity contribution in [2.24, 2.45) is 5.73 Å². The summed E-state index contributed by atoms with van der Waals surface area (Å²) in [5, 5.41) is 13.4. The largest absolute Gasteiger partial charge is 0.490 e. The second-order valence-corrected chi connectivity index (χ2v) is 7.87. The molecule has 1 aliphatic rings. The Morgan fingerprint density at radius 2 is 1.94 bits per heavy atom. The number of carbonyl (C=O) groups excluding carboxylic acids is 1. The first-order valence-corrected chi connectivity index (χ1v) is 11.1. The van der Waals surface area contributed by atoms with E-state index in [0.29, 0.717) is 18.0 Å². The fourth-order valence-corrected chi connectivity index (χ4v) is 3.76. The quantitative estimate of drug-likeness (QED) is 0.258. The van der Waals surface area contributed by atoms with E-state index < -0.39 is 29.2 Å². The number of nitrogen functional groups attached to an aromatic ring is 1. The summed E-state index contributed by atoms with van der Waals surface area (Å²) in [4.78, 5) is 12.8. The van der Waals surface area contributed by atoms with Crippen LogP contribution in [0.4, 0.5) is 8.78 Å². The number of amidine groups is 1. The third kappa shape index (κ3) is 8.31. The Balaban J connectivity index is 0.00000306. The van der Waals surface area contributed by atoms with Crippen molar-refractivity contribution in [1.29, 1.82) is 5.41 Å². The van der Waals surface area contributed by atoms with Crippen LogP contribution in [0, 0.1) is 17.0 Å². The van der Waals surface area contributed by atoms with E-state index in [1.807, 2.05) is 0 Å². The summed E-state index contributed by atoms with van der Waals surface area (Å²) in [6.07, 6.45) is 1.40. The summed E-state index contributed by atoms with van der Waals surface area (Å²) in [5.41, 5.74) is 6.26. The highest BCUT2D eigenvalue weighted by Crippen LogP contribution is 2.31. The molecule has 3 rings (SSSR count). The molecule has 0 radical (unpaired) electrons. The smallest absolute Gasteiger partial charge is 0.254 e. The van der Waals surface area contributed by atoms with Crippen molar-refractivity contribution in [3.05, 3.63) is 64.7 Å². The van der Waals surface area contributed by atoms with Crippen molar-refractivity contribution in [3.8, 4) is 5.75 Å². The number of rotatable bonds is 11. The van der Waals surface area contributed by atoms with Gasteiger partial charge < -0.3 is 25.8 Å². The van der Waals surface area contributed by atoms with E-state index in [4.69, 9.17) is 20.6 Å². The predicted molar refractivity (Wildman–Crippen MR) is 136 cm³/mol. The van der Waals surface area contributed by atoms with Gasteiger partial charge in [0.15, 0.2) is 17.7 Å². The first kappa shape index (κ1) is 30.6. The van der Waals surface area contributed by atoms with Gasteiger partial charge in [0.25, 0.3) is 5.91 Å². The molecule has 2 aromatic carbocycles. The average Bonchev–Trinajstić information content (AvgIpc) is 3.32. The number of halogens is 4. The molecule has 1 amide bonds. The van der Waals surface area contributed by atoms with Gasteiger partial charge in [-0.05, 0) is 50.4 Å². The Morgan fingerprint density at radius 1 is 1.23 bits per heavy atom. The first-order valence-electron chi connectivity index (χ1n) is 11.1. The maximum atomic E-state index is 15.2. The number of benzene rings is 2. The van der Waals surface area contributed by atoms with Crippen molar-refractivity contribution in [3.63, 3.8) is 0 Å². The Bertz CT molecular complexity index is 974. The molecule has 1 unspecified atom stereocenters. The van der Waals surface area contributed by atoms with Crippen LogP contribution in [0.5, 0.6) is 5.75 Å². The van der Waals surface area contributed by atoms with Crippen molar-refractivity contribution in [2.75, 3.05) is 19.8 Å². The minimum absolute atomic E-state index is 0. The molecule has 2 atom stereocenters. The fraction of sp³-hybridized carbons (Fsp3) is 0.417. The van der Waals surface area contributed by atoms with Gasteiger partial charge in [0.2, 0.25) is 0 Å². The lowest BCUT2D eigenvalue weighted by Crippen LogP contribution is -2.32. The van der Waals surface area contributed by atoms with Gasteiger partial charge in [-0.1, -0.05) is 24.3 Å². The molecule has 1 aliphatic heterocycles. The molecular formula is C24H32Cl2F2N4O3. The lowest BCUT2D eigenvalue weighted by molar-refractivity contribution is -0.133. The summed E-state index contributed by atoms with van der Waals surface area (Å²) in [6, 6.07) is 9.38. The van der Waals surface area contributed by atoms with E-state index in [1.54, 1.807) is 31.2 Å². The van der Waals surface area contributed by atoms with Crippen molar-refractivity contribution < 1.29 is 23.0 Å². The van der Waals surface area contributed by atoms with Crippen LogP contribution in [0.15, 0.2) is 36.4 Å². The maximum absolute atomic E-state index is 15.2. The zero-order valence-electron chi connectivity index (χ0n) is 19.4. The van der Waals surface area contributed by atoms with Crippen LogP contribution in [0.3, 0.4) is 0 Å². The Labute approximate surface area is 216 Å². The van der Waals surface area contributed by atoms with Crippen LogP contribution in [-0.2, 0) is 16.1 Å². The van der Waals surface area contributed by atoms with E-state index in [1.165, 1.54) is 6.07 Å². The van der Waals surface area contributed by atoms with Crippen molar-refractivity contribution in [2.45, 2.75) is 44.9 Å². The van der Waals surface area contributed by atoms with Gasteiger partial charge in [-0.15, -0.1) is 24.8 Å². The molecule has 1 heterocycles. The first-order chi connectivity index (χ1) is 15.9. The zero-order valence-corrected chi connectivity index (χ0v) is 21.1. The minimum atomic E-state index is -1.47. The van der Waals surface area contributed by atoms with Crippen molar-refractivity contribution >= 4 is 36.6 Å². The Morgan fingerprint density at radius 3 is 2.54 bits per heavy atom. The molecule has 35 heavy (non-hydrogen) atoms. The lowest BCUT2D eigenvalue weighted by Gasteiger charge is -2.20. The van der Waals surface area contributed by atoms with Gasteiger partial charge in [-0.3, -0.25) is 10.2 Å². The van der Waals surface area contributed by atoms with Gasteiger partial charge >= 0.3 is 0 Å². The highest BCUT2D eigenvalue weighted by molar-refractivity contribution is 5.94. The molecule has 5 N–H and O–H groups in total. The van der Waals surface area contributed by atoms with Crippen LogP contribution in [0.2, 0.25) is 0 Å². The average molecular weight is 533 g/mol. The molecule has 0 aromatic heterocycles. The predicted octanol–water partition coefficient (Wildman–Crippen LogP) is 4.01. The molecular weight excluding hydrogens is 501 g/mol. The number of hydrogen-bond acceptors (Lipinski definition) is 5. The Hall–Kier alpha value is -2.46. The van der Waals surface area contributed by atoms with E-state index in [2.05, 4.69) is 10.6 Å². The molecule has 1 saturated heterocycles. The standard InChI is InChI=1S/C24H30F2N4O3.2ClH/c1-2-32-22(24(31)30-14-15-5-7-16(8-6-15)23(27)28)20-18(25)9-10-19(21(20)26)33-13-11-17-4-3-12-29-17;;/h5-10,17,22,29H,2-4,11-14H2,1H3,(H3,27,28)(H,30,31);2*1H/t17?,22-;;/m0../s1. The minimum Gasteiger partial charge on any atom is -0.490 e. The van der Waals surface area contributed by atoms with E-state index in [0.717, 1.165) is 31.0 Å². The third-order valence-corrected chi connectivity index (χ3v) is 5.54. The van der Waals surface area contributed by atoms with Crippen LogP contribution < -0.4 is 21.1 Å². The molecule has 194 valence electrons. The molecule has 1 fully saturated rings. The van der Waals surface area contributed by atoms with Crippen LogP contribution in [0.25, 0.3) is 0 Å². The van der Waals surface area contributed by atoms with E-state index in [9.17, 15) is 9.18 Å². The molecule has 2 aromatic rings. The van der Waals surface area contributed by atoms with Crippen LogP contribution >= 0.6 is 24.8 Å². The molecule has 0 bridgehead atoms. The van der Waals surface area contributed by atoms with Crippen molar-refractivity contribution in [1.82, 2.24) is 10.6 Å². The maximum Gasteiger partial charge on any atom is 0.254 e. The second-order valence-electron chi connectivity index (χ2n) is 7.87. The molecule has 0 spiro atoms. The molecule has 0 aliphatic carbocycles. The molecule has 0 saturated carbocycles. The van der Waals surface area contributed by atoms with Gasteiger partial charge in [-0.25, -0.2) is 8.78 Å². The van der Waals surface area contributed by atoms with E-state index >= 15 is 4.39 Å². The van der Waals surface area contributed by atoms with Crippen LogP contribution in [0.1, 0.15) is 49.0 Å². The number of nitrogens with one attached hydrogen (secondary N) is 3. The number of carbonyl (C=O) groups is 1. The number of nitrogens with two attached hydrogens (primary N) is 1. The monoisotopic (exact) mass is 532 g/mol. The summed E-state index contributed by atoms with van der Waals surface area (Å²) < 4.78 is 40.8. The highest BCUT2D eigenvalue weighted by atomic mass is 35.5. The number of hydrogen-bond donors (Lipinski definition) is 4. The molecule has 7 nitrogen and oxygen atoms in total. The Kier molecular flexibility index (Phi) is 13.0. The SMILES string of the molecule is CCO[C@H](C(=O)NCc1ccc(C(=N)N)cc1)c1c(F)ccc(OCCC2CCCN2)c1F.Cl.Cl. The van der Waals surface area contributed by atoms with Gasteiger partial charge in [0.1, 0.15) is 11.7 Å². The molecule has 11 heteroatoms. The highest BCUT2D eigenvalue weighted by Gasteiger charge is 2.30. The summed E-state index contributed by atoms with van der Waals surface area (Å²) >= 11 is 0. The summed E-state index contributed by atoms with van der Waals surface area (Å²) in [7, 11) is 0. The van der Waals surface area contributed by atoms with E-state index in [-0.39, 0.29) is 56.2 Å². The van der Waals surface area contributed by atoms with Gasteiger partial charge in [-0.2, -0.15) is 0 Å². The summed E-state index contributed by atoms with van der Waals surface area (Å²) in [5.74, 6) is -2.65.